The first kappa shape index (κ1) is 16.7. The number of carbonyl (C=O) groups is 1. The second-order valence-electron chi connectivity index (χ2n) is 5.27. The van der Waals surface area contributed by atoms with Crippen molar-refractivity contribution in [2.45, 2.75) is 19.9 Å². The molecule has 0 saturated heterocycles. The second kappa shape index (κ2) is 7.40. The second-order valence-corrected chi connectivity index (χ2v) is 7.38. The number of nitrogens with two attached hydrogens (primary N) is 1. The molecule has 1 atom stereocenters. The van der Waals surface area contributed by atoms with Gasteiger partial charge in [-0.25, -0.2) is 8.42 Å². The summed E-state index contributed by atoms with van der Waals surface area (Å²) in [5.41, 5.74) is 6.82. The quantitative estimate of drug-likeness (QED) is 0.782. The highest BCUT2D eigenvalue weighted by Gasteiger charge is 2.18. The van der Waals surface area contributed by atoms with Crippen LogP contribution >= 0.6 is 0 Å². The van der Waals surface area contributed by atoms with Gasteiger partial charge in [0.15, 0.2) is 9.84 Å². The van der Waals surface area contributed by atoms with Crippen LogP contribution in [0.15, 0.2) is 30.3 Å². The number of sulfone groups is 1. The fourth-order valence-corrected chi connectivity index (χ4v) is 3.49. The molecule has 1 aromatic rings. The molecular formula is C14H22N2O3S. The standard InChI is InChI=1S/C14H22N2O3S/c1-11(2)9-20(18,19)10-14(17)16-8-13(15)12-6-4-3-5-7-12/h3-7,11,13H,8-10,15H2,1-2H3,(H,16,17). The number of amides is 1. The van der Waals surface area contributed by atoms with Crippen LogP contribution in [0.1, 0.15) is 25.5 Å². The van der Waals surface area contributed by atoms with Gasteiger partial charge in [-0.1, -0.05) is 44.2 Å². The Morgan fingerprint density at radius 1 is 1.25 bits per heavy atom. The third-order valence-corrected chi connectivity index (χ3v) is 4.56. The Morgan fingerprint density at radius 3 is 2.40 bits per heavy atom. The molecule has 20 heavy (non-hydrogen) atoms. The van der Waals surface area contributed by atoms with Gasteiger partial charge >= 0.3 is 0 Å². The van der Waals surface area contributed by atoms with Crippen LogP contribution in [0.5, 0.6) is 0 Å². The molecular weight excluding hydrogens is 276 g/mol. The van der Waals surface area contributed by atoms with Crippen LogP contribution in [0.25, 0.3) is 0 Å². The van der Waals surface area contributed by atoms with Crippen molar-refractivity contribution in [3.8, 4) is 0 Å². The average molecular weight is 298 g/mol. The van der Waals surface area contributed by atoms with E-state index in [0.717, 1.165) is 5.56 Å². The normalized spacial score (nSPS) is 13.2. The van der Waals surface area contributed by atoms with Gasteiger partial charge in [0.05, 0.1) is 5.75 Å². The molecule has 1 rings (SSSR count). The van der Waals surface area contributed by atoms with Crippen LogP contribution in [-0.4, -0.2) is 32.4 Å². The van der Waals surface area contributed by atoms with Crippen molar-refractivity contribution in [2.75, 3.05) is 18.1 Å². The minimum Gasteiger partial charge on any atom is -0.353 e. The Balaban J connectivity index is 2.44. The average Bonchev–Trinajstić information content (AvgIpc) is 2.34. The van der Waals surface area contributed by atoms with Crippen molar-refractivity contribution in [1.29, 1.82) is 0 Å². The Kier molecular flexibility index (Phi) is 6.16. The number of hydrogen-bond acceptors (Lipinski definition) is 4. The van der Waals surface area contributed by atoms with Crippen LogP contribution in [0.2, 0.25) is 0 Å². The lowest BCUT2D eigenvalue weighted by atomic mass is 10.1. The third kappa shape index (κ3) is 6.16. The van der Waals surface area contributed by atoms with Gasteiger partial charge < -0.3 is 11.1 Å². The molecule has 112 valence electrons. The van der Waals surface area contributed by atoms with E-state index in [4.69, 9.17) is 5.73 Å². The van der Waals surface area contributed by atoms with Crippen molar-refractivity contribution in [3.05, 3.63) is 35.9 Å². The van der Waals surface area contributed by atoms with E-state index in [9.17, 15) is 13.2 Å². The fourth-order valence-electron chi connectivity index (χ4n) is 1.86. The number of hydrogen-bond donors (Lipinski definition) is 2. The Hall–Kier alpha value is -1.40. The first-order valence-corrected chi connectivity index (χ1v) is 8.40. The summed E-state index contributed by atoms with van der Waals surface area (Å²) in [5, 5.41) is 2.57. The van der Waals surface area contributed by atoms with E-state index in [0.29, 0.717) is 0 Å². The van der Waals surface area contributed by atoms with Gasteiger partial charge in [-0.2, -0.15) is 0 Å². The molecule has 0 bridgehead atoms. The minimum atomic E-state index is -3.35. The monoisotopic (exact) mass is 298 g/mol. The zero-order valence-electron chi connectivity index (χ0n) is 11.9. The number of carbonyl (C=O) groups excluding carboxylic acids is 1. The highest BCUT2D eigenvalue weighted by atomic mass is 32.2. The third-order valence-electron chi connectivity index (χ3n) is 2.69. The number of nitrogens with one attached hydrogen (secondary N) is 1. The SMILES string of the molecule is CC(C)CS(=O)(=O)CC(=O)NCC(N)c1ccccc1. The van der Waals surface area contributed by atoms with E-state index in [1.165, 1.54) is 0 Å². The van der Waals surface area contributed by atoms with E-state index in [-0.39, 0.29) is 24.3 Å². The van der Waals surface area contributed by atoms with Crippen molar-refractivity contribution in [2.24, 2.45) is 11.7 Å². The van der Waals surface area contributed by atoms with E-state index >= 15 is 0 Å². The smallest absolute Gasteiger partial charge is 0.235 e. The van der Waals surface area contributed by atoms with Gasteiger partial charge in [0, 0.05) is 12.6 Å². The molecule has 5 nitrogen and oxygen atoms in total. The zero-order chi connectivity index (χ0) is 15.2. The van der Waals surface area contributed by atoms with Crippen molar-refractivity contribution in [1.82, 2.24) is 5.32 Å². The van der Waals surface area contributed by atoms with Crippen LogP contribution in [0.3, 0.4) is 0 Å². The van der Waals surface area contributed by atoms with Gasteiger partial charge in [-0.15, -0.1) is 0 Å². The number of rotatable bonds is 7. The van der Waals surface area contributed by atoms with Crippen LogP contribution < -0.4 is 11.1 Å². The molecule has 0 saturated carbocycles. The molecule has 0 aliphatic rings. The Morgan fingerprint density at radius 2 is 1.85 bits per heavy atom. The summed E-state index contributed by atoms with van der Waals surface area (Å²) in [6.07, 6.45) is 0. The van der Waals surface area contributed by atoms with Crippen molar-refractivity contribution < 1.29 is 13.2 Å². The van der Waals surface area contributed by atoms with Gasteiger partial charge in [0.1, 0.15) is 5.75 Å². The molecule has 3 N–H and O–H groups in total. The topological polar surface area (TPSA) is 89.3 Å². The molecule has 1 unspecified atom stereocenters. The maximum absolute atomic E-state index is 11.7. The van der Waals surface area contributed by atoms with E-state index in [2.05, 4.69) is 5.32 Å². The van der Waals surface area contributed by atoms with E-state index in [1.807, 2.05) is 30.3 Å². The number of benzene rings is 1. The van der Waals surface area contributed by atoms with E-state index in [1.54, 1.807) is 13.8 Å². The highest BCUT2D eigenvalue weighted by molar-refractivity contribution is 7.92. The minimum absolute atomic E-state index is 0.0133. The van der Waals surface area contributed by atoms with Gasteiger partial charge in [-0.3, -0.25) is 4.79 Å². The fraction of sp³-hybridized carbons (Fsp3) is 0.500. The first-order chi connectivity index (χ1) is 9.30. The summed E-state index contributed by atoms with van der Waals surface area (Å²) in [6.45, 7) is 3.83. The lowest BCUT2D eigenvalue weighted by Crippen LogP contribution is -2.36. The Labute approximate surface area is 120 Å². The molecule has 0 fully saturated rings. The maximum Gasteiger partial charge on any atom is 0.235 e. The predicted octanol–water partition coefficient (Wildman–Crippen LogP) is 0.873. The van der Waals surface area contributed by atoms with Crippen LogP contribution in [-0.2, 0) is 14.6 Å². The van der Waals surface area contributed by atoms with Gasteiger partial charge in [0.25, 0.3) is 0 Å². The summed E-state index contributed by atoms with van der Waals surface area (Å²) >= 11 is 0. The lowest BCUT2D eigenvalue weighted by Gasteiger charge is -2.13. The van der Waals surface area contributed by atoms with Crippen LogP contribution in [0.4, 0.5) is 0 Å². The molecule has 0 aliphatic heterocycles. The molecule has 0 spiro atoms. The molecule has 0 radical (unpaired) electrons. The Bertz CT molecular complexity index is 527. The summed E-state index contributed by atoms with van der Waals surface area (Å²) in [4.78, 5) is 11.6. The zero-order valence-corrected chi connectivity index (χ0v) is 12.7. The highest BCUT2D eigenvalue weighted by Crippen LogP contribution is 2.08. The summed E-state index contributed by atoms with van der Waals surface area (Å²) in [7, 11) is -3.35. The molecule has 1 amide bonds. The first-order valence-electron chi connectivity index (χ1n) is 6.58. The predicted molar refractivity (Wildman–Crippen MR) is 79.9 cm³/mol. The van der Waals surface area contributed by atoms with Crippen LogP contribution in [0, 0.1) is 5.92 Å². The van der Waals surface area contributed by atoms with Crippen molar-refractivity contribution in [3.63, 3.8) is 0 Å². The summed E-state index contributed by atoms with van der Waals surface area (Å²) < 4.78 is 23.3. The largest absolute Gasteiger partial charge is 0.353 e. The van der Waals surface area contributed by atoms with E-state index < -0.39 is 21.5 Å². The van der Waals surface area contributed by atoms with Gasteiger partial charge in [-0.05, 0) is 11.5 Å². The maximum atomic E-state index is 11.7. The molecule has 0 aromatic heterocycles. The molecule has 0 aliphatic carbocycles. The van der Waals surface area contributed by atoms with Gasteiger partial charge in [0.2, 0.25) is 5.91 Å². The molecule has 6 heteroatoms. The molecule has 1 aromatic carbocycles. The summed E-state index contributed by atoms with van der Waals surface area (Å²) in [5.74, 6) is -0.950. The molecule has 0 heterocycles. The van der Waals surface area contributed by atoms with Crippen molar-refractivity contribution >= 4 is 15.7 Å². The summed E-state index contributed by atoms with van der Waals surface area (Å²) in [6, 6.07) is 9.01. The lowest BCUT2D eigenvalue weighted by molar-refractivity contribution is -0.118.